The molecule has 0 spiro atoms. The zero-order valence-corrected chi connectivity index (χ0v) is 9.60. The second-order valence-electron chi connectivity index (χ2n) is 3.29. The Hall–Kier alpha value is -1.14. The van der Waals surface area contributed by atoms with Crippen molar-refractivity contribution in [1.82, 2.24) is 10.3 Å². The van der Waals surface area contributed by atoms with Gasteiger partial charge in [-0.2, -0.15) is 0 Å². The molecule has 0 aliphatic heterocycles. The molecule has 0 bridgehead atoms. The van der Waals surface area contributed by atoms with E-state index in [0.717, 1.165) is 4.88 Å². The van der Waals surface area contributed by atoms with E-state index < -0.39 is 6.10 Å². The van der Waals surface area contributed by atoms with Crippen LogP contribution in [0.5, 0.6) is 0 Å². The molecule has 6 heteroatoms. The average Bonchev–Trinajstić information content (AvgIpc) is 2.50. The Labute approximate surface area is 92.5 Å². The normalized spacial score (nSPS) is 12.2. The van der Waals surface area contributed by atoms with E-state index in [1.807, 2.05) is 6.92 Å². The topological polar surface area (TPSA) is 74.2 Å². The van der Waals surface area contributed by atoms with Crippen LogP contribution in [0.3, 0.4) is 0 Å². The number of aryl methyl sites for hydroxylation is 1. The molecular weight excluding hydrogens is 214 g/mol. The summed E-state index contributed by atoms with van der Waals surface area (Å²) in [6.07, 6.45) is 1.85. The first-order valence-electron chi connectivity index (χ1n) is 4.73. The van der Waals surface area contributed by atoms with Crippen molar-refractivity contribution in [3.05, 3.63) is 11.1 Å². The van der Waals surface area contributed by atoms with Gasteiger partial charge < -0.3 is 10.4 Å². The second kappa shape index (κ2) is 5.67. The van der Waals surface area contributed by atoms with Crippen molar-refractivity contribution in [3.8, 4) is 0 Å². The van der Waals surface area contributed by atoms with Gasteiger partial charge in [0.15, 0.2) is 5.13 Å². The maximum atomic E-state index is 11.3. The minimum absolute atomic E-state index is 0.287. The number of aliphatic hydroxyl groups excluding tert-OH is 1. The van der Waals surface area contributed by atoms with Crippen molar-refractivity contribution in [2.75, 3.05) is 11.9 Å². The van der Waals surface area contributed by atoms with Gasteiger partial charge in [0.1, 0.15) is 0 Å². The summed E-state index contributed by atoms with van der Waals surface area (Å²) >= 11 is 1.42. The average molecular weight is 229 g/mol. The Kier molecular flexibility index (Phi) is 4.51. The van der Waals surface area contributed by atoms with Gasteiger partial charge in [-0.25, -0.2) is 9.78 Å². The lowest BCUT2D eigenvalue weighted by Gasteiger charge is -2.06. The lowest BCUT2D eigenvalue weighted by atomic mass is 10.3. The number of nitrogens with zero attached hydrogens (tertiary/aromatic N) is 1. The first-order valence-corrected chi connectivity index (χ1v) is 5.55. The molecule has 3 N–H and O–H groups in total. The van der Waals surface area contributed by atoms with E-state index in [1.165, 1.54) is 11.3 Å². The highest BCUT2D eigenvalue weighted by Crippen LogP contribution is 2.15. The number of anilines is 1. The van der Waals surface area contributed by atoms with Crippen LogP contribution in [0.4, 0.5) is 9.93 Å². The smallest absolute Gasteiger partial charge is 0.321 e. The summed E-state index contributed by atoms with van der Waals surface area (Å²) in [5, 5.41) is 14.8. The van der Waals surface area contributed by atoms with Crippen molar-refractivity contribution in [2.24, 2.45) is 0 Å². The predicted octanol–water partition coefficient (Wildman–Crippen LogP) is 1.34. The van der Waals surface area contributed by atoms with Crippen LogP contribution in [-0.2, 0) is 0 Å². The van der Waals surface area contributed by atoms with Crippen molar-refractivity contribution in [3.63, 3.8) is 0 Å². The van der Waals surface area contributed by atoms with Gasteiger partial charge in [0, 0.05) is 17.6 Å². The van der Waals surface area contributed by atoms with Gasteiger partial charge in [-0.3, -0.25) is 5.32 Å². The van der Waals surface area contributed by atoms with Crippen molar-refractivity contribution in [2.45, 2.75) is 26.4 Å². The van der Waals surface area contributed by atoms with Gasteiger partial charge in [0.05, 0.1) is 6.10 Å². The highest BCUT2D eigenvalue weighted by Gasteiger charge is 2.04. The second-order valence-corrected chi connectivity index (χ2v) is 4.53. The number of nitrogens with one attached hydrogen (secondary N) is 2. The highest BCUT2D eigenvalue weighted by molar-refractivity contribution is 7.15. The number of hydrogen-bond donors (Lipinski definition) is 3. The van der Waals surface area contributed by atoms with Gasteiger partial charge in [0.25, 0.3) is 0 Å². The maximum absolute atomic E-state index is 11.3. The fraction of sp³-hybridized carbons (Fsp3) is 0.556. The van der Waals surface area contributed by atoms with Gasteiger partial charge >= 0.3 is 6.03 Å². The fourth-order valence-corrected chi connectivity index (χ4v) is 1.61. The fourth-order valence-electron chi connectivity index (χ4n) is 0.948. The molecule has 0 unspecified atom stereocenters. The van der Waals surface area contributed by atoms with E-state index in [1.54, 1.807) is 13.1 Å². The van der Waals surface area contributed by atoms with Crippen LogP contribution in [0.15, 0.2) is 6.20 Å². The molecule has 1 aromatic heterocycles. The monoisotopic (exact) mass is 229 g/mol. The summed E-state index contributed by atoms with van der Waals surface area (Å²) in [5.41, 5.74) is 0. The summed E-state index contributed by atoms with van der Waals surface area (Å²) in [7, 11) is 0. The standard InChI is InChI=1S/C9H15N3O2S/c1-6(13)3-4-10-8(14)12-9-11-5-7(2)15-9/h5-6,13H,3-4H2,1-2H3,(H2,10,11,12,14)/t6-/m1/s1. The van der Waals surface area contributed by atoms with Crippen molar-refractivity contribution >= 4 is 22.5 Å². The van der Waals surface area contributed by atoms with Crippen LogP contribution >= 0.6 is 11.3 Å². The van der Waals surface area contributed by atoms with E-state index in [-0.39, 0.29) is 6.03 Å². The van der Waals surface area contributed by atoms with Crippen LogP contribution in [0, 0.1) is 6.92 Å². The SMILES string of the molecule is Cc1cnc(NC(=O)NCC[C@@H](C)O)s1. The Morgan fingerprint density at radius 3 is 3.00 bits per heavy atom. The zero-order valence-electron chi connectivity index (χ0n) is 8.78. The van der Waals surface area contributed by atoms with Crippen LogP contribution in [0.25, 0.3) is 0 Å². The Balaban J connectivity index is 2.24. The number of carbonyl (C=O) groups is 1. The number of rotatable bonds is 4. The van der Waals surface area contributed by atoms with Gasteiger partial charge in [-0.05, 0) is 20.3 Å². The molecule has 5 nitrogen and oxygen atoms in total. The third-order valence-corrected chi connectivity index (χ3v) is 2.52. The molecular formula is C9H15N3O2S. The number of carbonyl (C=O) groups excluding carboxylic acids is 1. The number of aliphatic hydroxyl groups is 1. The molecule has 1 atom stereocenters. The summed E-state index contributed by atoms with van der Waals surface area (Å²) in [6, 6.07) is -0.287. The molecule has 0 saturated heterocycles. The van der Waals surface area contributed by atoms with E-state index in [0.29, 0.717) is 18.1 Å². The first kappa shape index (κ1) is 11.9. The lowest BCUT2D eigenvalue weighted by Crippen LogP contribution is -2.30. The van der Waals surface area contributed by atoms with Gasteiger partial charge in [-0.1, -0.05) is 0 Å². The van der Waals surface area contributed by atoms with Gasteiger partial charge in [0.2, 0.25) is 0 Å². The molecule has 15 heavy (non-hydrogen) atoms. The molecule has 2 amide bonds. The third kappa shape index (κ3) is 4.75. The zero-order chi connectivity index (χ0) is 11.3. The molecule has 1 heterocycles. The van der Waals surface area contributed by atoms with E-state index in [4.69, 9.17) is 5.11 Å². The number of hydrogen-bond acceptors (Lipinski definition) is 4. The molecule has 1 rings (SSSR count). The number of urea groups is 1. The summed E-state index contributed by atoms with van der Waals surface area (Å²) in [6.45, 7) is 4.06. The first-order chi connectivity index (χ1) is 7.08. The highest BCUT2D eigenvalue weighted by atomic mass is 32.1. The minimum atomic E-state index is -0.396. The summed E-state index contributed by atoms with van der Waals surface area (Å²) < 4.78 is 0. The van der Waals surface area contributed by atoms with Crippen molar-refractivity contribution in [1.29, 1.82) is 0 Å². The molecule has 0 aliphatic carbocycles. The molecule has 0 saturated carbocycles. The molecule has 84 valence electrons. The van der Waals surface area contributed by atoms with Crippen LogP contribution in [0.1, 0.15) is 18.2 Å². The largest absolute Gasteiger partial charge is 0.393 e. The number of aromatic nitrogens is 1. The number of amides is 2. The Bertz CT molecular complexity index is 325. The van der Waals surface area contributed by atoms with Crippen LogP contribution in [0.2, 0.25) is 0 Å². The Morgan fingerprint density at radius 1 is 1.73 bits per heavy atom. The maximum Gasteiger partial charge on any atom is 0.321 e. The lowest BCUT2D eigenvalue weighted by molar-refractivity contribution is 0.184. The van der Waals surface area contributed by atoms with Crippen LogP contribution < -0.4 is 10.6 Å². The third-order valence-electron chi connectivity index (χ3n) is 1.69. The molecule has 1 aromatic rings. The van der Waals surface area contributed by atoms with Crippen LogP contribution in [-0.4, -0.2) is 28.8 Å². The molecule has 0 radical (unpaired) electrons. The summed E-state index contributed by atoms with van der Waals surface area (Å²) in [4.78, 5) is 16.3. The van der Waals surface area contributed by atoms with Gasteiger partial charge in [-0.15, -0.1) is 11.3 Å². The molecule has 0 fully saturated rings. The Morgan fingerprint density at radius 2 is 2.47 bits per heavy atom. The quantitative estimate of drug-likeness (QED) is 0.729. The van der Waals surface area contributed by atoms with E-state index >= 15 is 0 Å². The minimum Gasteiger partial charge on any atom is -0.393 e. The predicted molar refractivity (Wildman–Crippen MR) is 60.2 cm³/mol. The van der Waals surface area contributed by atoms with E-state index in [2.05, 4.69) is 15.6 Å². The molecule has 0 aliphatic rings. The summed E-state index contributed by atoms with van der Waals surface area (Å²) in [5.74, 6) is 0. The molecule has 0 aromatic carbocycles. The van der Waals surface area contributed by atoms with E-state index in [9.17, 15) is 4.79 Å². The van der Waals surface area contributed by atoms with Crippen molar-refractivity contribution < 1.29 is 9.90 Å². The number of thiazole rings is 1.